The zero-order valence-electron chi connectivity index (χ0n) is 9.55. The van der Waals surface area contributed by atoms with Crippen LogP contribution in [-0.2, 0) is 4.79 Å². The summed E-state index contributed by atoms with van der Waals surface area (Å²) in [6.45, 7) is 7.61. The fraction of sp³-hybridized carbons (Fsp3) is 0.909. The third-order valence-electron chi connectivity index (χ3n) is 3.12. The quantitative estimate of drug-likeness (QED) is 0.728. The molecule has 0 saturated carbocycles. The lowest BCUT2D eigenvalue weighted by molar-refractivity contribution is -0.136. The molecule has 0 radical (unpaired) electrons. The van der Waals surface area contributed by atoms with Crippen molar-refractivity contribution in [1.82, 2.24) is 4.90 Å². The normalized spacial score (nSPS) is 28.2. The molecule has 1 fully saturated rings. The molecule has 1 atom stereocenters. The van der Waals surface area contributed by atoms with Gasteiger partial charge in [-0.05, 0) is 19.3 Å². The van der Waals surface area contributed by atoms with E-state index in [1.165, 1.54) is 0 Å². The smallest absolute Gasteiger partial charge is 0.225 e. The Labute approximate surface area is 86.6 Å². The van der Waals surface area contributed by atoms with Crippen molar-refractivity contribution in [3.63, 3.8) is 0 Å². The van der Waals surface area contributed by atoms with Crippen LogP contribution in [-0.4, -0.2) is 29.4 Å². The van der Waals surface area contributed by atoms with E-state index in [-0.39, 0.29) is 17.4 Å². The molecule has 0 aromatic carbocycles. The summed E-state index contributed by atoms with van der Waals surface area (Å²) in [7, 11) is 0. The van der Waals surface area contributed by atoms with Crippen LogP contribution in [0.15, 0.2) is 0 Å². The minimum Gasteiger partial charge on any atom is -0.341 e. The van der Waals surface area contributed by atoms with Gasteiger partial charge < -0.3 is 10.6 Å². The van der Waals surface area contributed by atoms with Gasteiger partial charge in [0.1, 0.15) is 0 Å². The Hall–Kier alpha value is -0.570. The molecule has 1 amide bonds. The van der Waals surface area contributed by atoms with Crippen molar-refractivity contribution in [2.45, 2.75) is 45.6 Å². The van der Waals surface area contributed by atoms with Gasteiger partial charge in [-0.2, -0.15) is 0 Å². The summed E-state index contributed by atoms with van der Waals surface area (Å²) in [5, 5.41) is 0. The molecule has 0 aliphatic carbocycles. The van der Waals surface area contributed by atoms with Crippen molar-refractivity contribution in [1.29, 1.82) is 0 Å². The third-order valence-corrected chi connectivity index (χ3v) is 3.12. The maximum atomic E-state index is 11.8. The summed E-state index contributed by atoms with van der Waals surface area (Å²) in [6, 6.07) is 0. The number of likely N-dealkylation sites (tertiary alicyclic amines) is 1. The molecule has 3 nitrogen and oxygen atoms in total. The second-order valence-electron chi connectivity index (χ2n) is 4.73. The first-order valence-electron chi connectivity index (χ1n) is 5.56. The van der Waals surface area contributed by atoms with E-state index < -0.39 is 0 Å². The fourth-order valence-corrected chi connectivity index (χ4v) is 2.00. The van der Waals surface area contributed by atoms with Crippen LogP contribution in [0.5, 0.6) is 0 Å². The molecule has 1 rings (SSSR count). The van der Waals surface area contributed by atoms with Crippen molar-refractivity contribution in [2.75, 3.05) is 13.1 Å². The van der Waals surface area contributed by atoms with Crippen LogP contribution in [0.2, 0.25) is 0 Å². The average Bonchev–Trinajstić information content (AvgIpc) is 2.16. The second-order valence-corrected chi connectivity index (χ2v) is 4.73. The van der Waals surface area contributed by atoms with Crippen LogP contribution in [0.4, 0.5) is 0 Å². The molecule has 1 unspecified atom stereocenters. The molecule has 2 N–H and O–H groups in total. The molecule has 1 aliphatic rings. The van der Waals surface area contributed by atoms with Crippen LogP contribution in [0, 0.1) is 5.92 Å². The Morgan fingerprint density at radius 1 is 1.57 bits per heavy atom. The van der Waals surface area contributed by atoms with Crippen LogP contribution >= 0.6 is 0 Å². The van der Waals surface area contributed by atoms with Gasteiger partial charge in [-0.3, -0.25) is 4.79 Å². The van der Waals surface area contributed by atoms with E-state index in [0.29, 0.717) is 0 Å². The van der Waals surface area contributed by atoms with Gasteiger partial charge in [-0.15, -0.1) is 0 Å². The molecule has 82 valence electrons. The van der Waals surface area contributed by atoms with Crippen molar-refractivity contribution in [3.8, 4) is 0 Å². The number of nitrogens with zero attached hydrogens (tertiary/aromatic N) is 1. The molecule has 0 aromatic rings. The van der Waals surface area contributed by atoms with Gasteiger partial charge in [0.05, 0.1) is 0 Å². The predicted octanol–water partition coefficient (Wildman–Crippen LogP) is 1.37. The molecular weight excluding hydrogens is 176 g/mol. The predicted molar refractivity (Wildman–Crippen MR) is 57.9 cm³/mol. The van der Waals surface area contributed by atoms with Gasteiger partial charge in [0.15, 0.2) is 0 Å². The van der Waals surface area contributed by atoms with E-state index in [1.54, 1.807) is 0 Å². The highest BCUT2D eigenvalue weighted by atomic mass is 16.2. The first-order valence-corrected chi connectivity index (χ1v) is 5.56. The lowest BCUT2D eigenvalue weighted by Crippen LogP contribution is -2.56. The van der Waals surface area contributed by atoms with Crippen LogP contribution < -0.4 is 5.73 Å². The van der Waals surface area contributed by atoms with E-state index in [9.17, 15) is 4.79 Å². The Bertz CT molecular complexity index is 215. The lowest BCUT2D eigenvalue weighted by Gasteiger charge is -2.40. The summed E-state index contributed by atoms with van der Waals surface area (Å²) in [5.74, 6) is 0.335. The topological polar surface area (TPSA) is 46.3 Å². The molecule has 1 saturated heterocycles. The Morgan fingerprint density at radius 3 is 2.71 bits per heavy atom. The highest BCUT2D eigenvalue weighted by Crippen LogP contribution is 2.22. The van der Waals surface area contributed by atoms with Crippen molar-refractivity contribution < 1.29 is 4.79 Å². The number of amides is 1. The monoisotopic (exact) mass is 198 g/mol. The Balaban J connectivity index is 2.60. The van der Waals surface area contributed by atoms with E-state index in [4.69, 9.17) is 5.73 Å². The molecule has 1 aliphatic heterocycles. The van der Waals surface area contributed by atoms with Crippen molar-refractivity contribution in [2.24, 2.45) is 11.7 Å². The molecule has 0 bridgehead atoms. The number of carbonyl (C=O) groups excluding carboxylic acids is 1. The largest absolute Gasteiger partial charge is 0.341 e. The standard InChI is InChI=1S/C11H22N2O/c1-4-11(12)6-5-7-13(8-11)10(14)9(2)3/h9H,4-8,12H2,1-3H3. The van der Waals surface area contributed by atoms with Gasteiger partial charge in [-0.1, -0.05) is 20.8 Å². The summed E-state index contributed by atoms with van der Waals surface area (Å²) >= 11 is 0. The molecule has 1 heterocycles. The molecule has 0 aromatic heterocycles. The molecule has 14 heavy (non-hydrogen) atoms. The first-order chi connectivity index (χ1) is 6.48. The lowest BCUT2D eigenvalue weighted by atomic mass is 9.87. The van der Waals surface area contributed by atoms with Crippen LogP contribution in [0.3, 0.4) is 0 Å². The van der Waals surface area contributed by atoms with E-state index in [0.717, 1.165) is 32.4 Å². The molecular formula is C11H22N2O. The van der Waals surface area contributed by atoms with Gasteiger partial charge in [0.25, 0.3) is 0 Å². The number of carbonyl (C=O) groups is 1. The number of piperidine rings is 1. The van der Waals surface area contributed by atoms with Gasteiger partial charge in [0, 0.05) is 24.5 Å². The summed E-state index contributed by atoms with van der Waals surface area (Å²) in [4.78, 5) is 13.7. The van der Waals surface area contributed by atoms with Gasteiger partial charge >= 0.3 is 0 Å². The van der Waals surface area contributed by atoms with Crippen molar-refractivity contribution in [3.05, 3.63) is 0 Å². The number of rotatable bonds is 2. The third kappa shape index (κ3) is 2.47. The first kappa shape index (κ1) is 11.5. The van der Waals surface area contributed by atoms with E-state index >= 15 is 0 Å². The average molecular weight is 198 g/mol. The Kier molecular flexibility index (Phi) is 3.53. The maximum Gasteiger partial charge on any atom is 0.225 e. The van der Waals surface area contributed by atoms with E-state index in [1.807, 2.05) is 18.7 Å². The van der Waals surface area contributed by atoms with Gasteiger partial charge in [-0.25, -0.2) is 0 Å². The van der Waals surface area contributed by atoms with Crippen molar-refractivity contribution >= 4 is 5.91 Å². The summed E-state index contributed by atoms with van der Waals surface area (Å²) in [5.41, 5.74) is 6.06. The minimum absolute atomic E-state index is 0.0919. The minimum atomic E-state index is -0.136. The van der Waals surface area contributed by atoms with Gasteiger partial charge in [0.2, 0.25) is 5.91 Å². The van der Waals surface area contributed by atoms with E-state index in [2.05, 4.69) is 6.92 Å². The fourth-order valence-electron chi connectivity index (χ4n) is 2.00. The highest BCUT2D eigenvalue weighted by molar-refractivity contribution is 5.78. The van der Waals surface area contributed by atoms with Crippen LogP contribution in [0.1, 0.15) is 40.0 Å². The zero-order chi connectivity index (χ0) is 10.8. The zero-order valence-corrected chi connectivity index (χ0v) is 9.55. The number of hydrogen-bond donors (Lipinski definition) is 1. The summed E-state index contributed by atoms with van der Waals surface area (Å²) in [6.07, 6.45) is 3.04. The van der Waals surface area contributed by atoms with Crippen LogP contribution in [0.25, 0.3) is 0 Å². The maximum absolute atomic E-state index is 11.8. The summed E-state index contributed by atoms with van der Waals surface area (Å²) < 4.78 is 0. The molecule has 0 spiro atoms. The Morgan fingerprint density at radius 2 is 2.21 bits per heavy atom. The second kappa shape index (κ2) is 4.30. The number of hydrogen-bond acceptors (Lipinski definition) is 2. The number of nitrogens with two attached hydrogens (primary N) is 1. The SMILES string of the molecule is CCC1(N)CCCN(C(=O)C(C)C)C1. The highest BCUT2D eigenvalue weighted by Gasteiger charge is 2.32. The molecule has 3 heteroatoms.